The molecule has 0 N–H and O–H groups in total. The molecule has 8 nitrogen and oxygen atoms in total. The Labute approximate surface area is 204 Å². The summed E-state index contributed by atoms with van der Waals surface area (Å²) in [6.45, 7) is 5.51. The number of rotatable bonds is 5. The monoisotopic (exact) mass is 490 g/mol. The van der Waals surface area contributed by atoms with Gasteiger partial charge in [0.1, 0.15) is 16.2 Å². The molecule has 0 unspecified atom stereocenters. The van der Waals surface area contributed by atoms with Crippen LogP contribution in [0.5, 0.6) is 5.75 Å². The lowest BCUT2D eigenvalue weighted by atomic mass is 9.98. The lowest BCUT2D eigenvalue weighted by Crippen LogP contribution is -2.29. The number of aryl methyl sites for hydroxylation is 2. The summed E-state index contributed by atoms with van der Waals surface area (Å²) in [5.41, 5.74) is 2.28. The van der Waals surface area contributed by atoms with Crippen molar-refractivity contribution in [3.8, 4) is 5.75 Å². The van der Waals surface area contributed by atoms with E-state index in [0.717, 1.165) is 16.9 Å². The molecule has 2 aromatic carbocycles. The maximum atomic E-state index is 13.7. The highest BCUT2D eigenvalue weighted by Gasteiger charge is 2.45. The van der Waals surface area contributed by atoms with E-state index in [1.54, 1.807) is 51.3 Å². The highest BCUT2D eigenvalue weighted by Crippen LogP contribution is 2.43. The minimum Gasteiger partial charge on any atom is -0.497 e. The molecule has 1 aliphatic rings. The van der Waals surface area contributed by atoms with Gasteiger partial charge in [-0.2, -0.15) is 0 Å². The van der Waals surface area contributed by atoms with Gasteiger partial charge < -0.3 is 13.9 Å². The number of hydrogen-bond acceptors (Lipinski definition) is 8. The molecule has 0 spiro atoms. The second kappa shape index (κ2) is 8.66. The van der Waals surface area contributed by atoms with Gasteiger partial charge >= 0.3 is 5.97 Å². The molecule has 0 radical (unpaired) electrons. The molecule has 0 fully saturated rings. The summed E-state index contributed by atoms with van der Waals surface area (Å²) in [6.07, 6.45) is 0. The molecule has 0 aliphatic carbocycles. The maximum absolute atomic E-state index is 13.7. The number of nitrogens with zero attached hydrogens (tertiary/aromatic N) is 2. The Morgan fingerprint density at radius 2 is 1.97 bits per heavy atom. The average Bonchev–Trinajstić information content (AvgIpc) is 3.37. The first-order valence-electron chi connectivity index (χ1n) is 11.0. The first kappa shape index (κ1) is 22.8. The van der Waals surface area contributed by atoms with E-state index in [4.69, 9.17) is 13.9 Å². The molecule has 2 aromatic heterocycles. The first-order valence-corrected chi connectivity index (χ1v) is 11.8. The molecule has 35 heavy (non-hydrogen) atoms. The number of aromatic nitrogens is 1. The van der Waals surface area contributed by atoms with E-state index >= 15 is 0 Å². The Hall–Kier alpha value is -3.98. The third-order valence-corrected chi connectivity index (χ3v) is 7.02. The van der Waals surface area contributed by atoms with Crippen molar-refractivity contribution in [1.29, 1.82) is 0 Å². The van der Waals surface area contributed by atoms with Gasteiger partial charge in [0.05, 0.1) is 36.4 Å². The lowest BCUT2D eigenvalue weighted by Gasteiger charge is -2.22. The highest BCUT2D eigenvalue weighted by atomic mass is 32.1. The third kappa shape index (κ3) is 3.68. The van der Waals surface area contributed by atoms with Crippen molar-refractivity contribution >= 4 is 39.3 Å². The number of carbonyl (C=O) groups is 2. The SMILES string of the molecule is CCOC(=O)c1sc(N2C(=O)c3oc4ccc(C)cc4c(=O)c3[C@@H]2c2cccc(OC)c2)nc1C. The summed E-state index contributed by atoms with van der Waals surface area (Å²) >= 11 is 1.04. The molecule has 178 valence electrons. The van der Waals surface area contributed by atoms with Gasteiger partial charge in [-0.15, -0.1) is 0 Å². The molecule has 1 aliphatic heterocycles. The Morgan fingerprint density at radius 1 is 1.17 bits per heavy atom. The first-order chi connectivity index (χ1) is 16.8. The van der Waals surface area contributed by atoms with Gasteiger partial charge in [-0.05, 0) is 50.6 Å². The number of hydrogen-bond donors (Lipinski definition) is 0. The number of methoxy groups -OCH3 is 1. The van der Waals surface area contributed by atoms with Crippen LogP contribution in [0, 0.1) is 13.8 Å². The van der Waals surface area contributed by atoms with Gasteiger partial charge in [0, 0.05) is 0 Å². The molecule has 0 bridgehead atoms. The summed E-state index contributed by atoms with van der Waals surface area (Å²) in [4.78, 5) is 46.1. The predicted molar refractivity (Wildman–Crippen MR) is 132 cm³/mol. The standard InChI is InChI=1S/C26H22N2O6S/c1-5-33-25(31)23-14(3)27-26(35-23)28-20(15-7-6-8-16(12-15)32-4)19-21(29)17-11-13(2)9-10-18(17)34-22(19)24(28)30/h6-12,20H,5H2,1-4H3/t20-/m0/s1. The molecule has 1 amide bonds. The Balaban J connectivity index is 1.76. The van der Waals surface area contributed by atoms with E-state index in [9.17, 15) is 14.4 Å². The number of benzene rings is 2. The summed E-state index contributed by atoms with van der Waals surface area (Å²) in [6, 6.07) is 11.6. The van der Waals surface area contributed by atoms with Gasteiger partial charge in [-0.3, -0.25) is 14.5 Å². The topological polar surface area (TPSA) is 98.9 Å². The average molecular weight is 491 g/mol. The van der Waals surface area contributed by atoms with Crippen LogP contribution in [-0.4, -0.2) is 30.6 Å². The van der Waals surface area contributed by atoms with Crippen LogP contribution in [0.4, 0.5) is 5.13 Å². The normalized spacial score (nSPS) is 14.9. The maximum Gasteiger partial charge on any atom is 0.350 e. The number of ether oxygens (including phenoxy) is 2. The van der Waals surface area contributed by atoms with Crippen molar-refractivity contribution in [2.45, 2.75) is 26.8 Å². The molecule has 0 saturated carbocycles. The smallest absolute Gasteiger partial charge is 0.350 e. The van der Waals surface area contributed by atoms with Crippen LogP contribution in [0.2, 0.25) is 0 Å². The van der Waals surface area contributed by atoms with Crippen LogP contribution in [0.3, 0.4) is 0 Å². The molecule has 0 saturated heterocycles. The number of fused-ring (bicyclic) bond motifs is 2. The lowest BCUT2D eigenvalue weighted by molar-refractivity contribution is 0.0531. The molecule has 3 heterocycles. The Bertz CT molecular complexity index is 1550. The summed E-state index contributed by atoms with van der Waals surface area (Å²) in [7, 11) is 1.55. The fourth-order valence-electron chi connectivity index (χ4n) is 4.28. The van der Waals surface area contributed by atoms with E-state index in [1.807, 2.05) is 19.1 Å². The largest absolute Gasteiger partial charge is 0.497 e. The van der Waals surface area contributed by atoms with Crippen LogP contribution >= 0.6 is 11.3 Å². The van der Waals surface area contributed by atoms with Gasteiger partial charge in [-0.25, -0.2) is 9.78 Å². The molecular weight excluding hydrogens is 468 g/mol. The molecule has 1 atom stereocenters. The Kier molecular flexibility index (Phi) is 5.64. The van der Waals surface area contributed by atoms with Crippen molar-refractivity contribution in [2.75, 3.05) is 18.6 Å². The van der Waals surface area contributed by atoms with E-state index in [1.165, 1.54) is 4.90 Å². The molecule has 9 heteroatoms. The minimum absolute atomic E-state index is 0.0373. The molecule has 4 aromatic rings. The van der Waals surface area contributed by atoms with E-state index in [-0.39, 0.29) is 28.5 Å². The van der Waals surface area contributed by atoms with Gasteiger partial charge in [0.15, 0.2) is 10.6 Å². The van der Waals surface area contributed by atoms with Crippen LogP contribution in [0.15, 0.2) is 51.7 Å². The number of carbonyl (C=O) groups excluding carboxylic acids is 2. The zero-order chi connectivity index (χ0) is 24.9. The zero-order valence-corrected chi connectivity index (χ0v) is 20.4. The van der Waals surface area contributed by atoms with E-state index in [2.05, 4.69) is 4.98 Å². The second-order valence-electron chi connectivity index (χ2n) is 8.16. The number of amides is 1. The third-order valence-electron chi connectivity index (χ3n) is 5.89. The van der Waals surface area contributed by atoms with Crippen LogP contribution in [-0.2, 0) is 4.74 Å². The number of anilines is 1. The van der Waals surface area contributed by atoms with Crippen LogP contribution in [0.25, 0.3) is 11.0 Å². The van der Waals surface area contributed by atoms with Crippen molar-refractivity contribution in [2.24, 2.45) is 0 Å². The zero-order valence-electron chi connectivity index (χ0n) is 19.6. The Morgan fingerprint density at radius 3 is 2.71 bits per heavy atom. The van der Waals surface area contributed by atoms with Crippen LogP contribution < -0.4 is 15.1 Å². The van der Waals surface area contributed by atoms with E-state index < -0.39 is 17.9 Å². The van der Waals surface area contributed by atoms with Gasteiger partial charge in [-0.1, -0.05) is 35.1 Å². The number of thiazole rings is 1. The summed E-state index contributed by atoms with van der Waals surface area (Å²) < 4.78 is 16.5. The minimum atomic E-state index is -0.811. The fourth-order valence-corrected chi connectivity index (χ4v) is 5.27. The number of esters is 1. The van der Waals surface area contributed by atoms with Crippen molar-refractivity contribution < 1.29 is 23.5 Å². The quantitative estimate of drug-likeness (QED) is 0.371. The van der Waals surface area contributed by atoms with E-state index in [0.29, 0.717) is 32.9 Å². The van der Waals surface area contributed by atoms with Crippen LogP contribution in [0.1, 0.15) is 55.6 Å². The summed E-state index contributed by atoms with van der Waals surface area (Å²) in [5.74, 6) is -0.473. The van der Waals surface area contributed by atoms with Crippen molar-refractivity contribution in [3.63, 3.8) is 0 Å². The van der Waals surface area contributed by atoms with Gasteiger partial charge in [0.2, 0.25) is 5.76 Å². The molecular formula is C26H22N2O6S. The summed E-state index contributed by atoms with van der Waals surface area (Å²) in [5, 5.41) is 0.670. The highest BCUT2D eigenvalue weighted by molar-refractivity contribution is 7.17. The van der Waals surface area contributed by atoms with Crippen molar-refractivity contribution in [1.82, 2.24) is 4.98 Å². The van der Waals surface area contributed by atoms with Crippen molar-refractivity contribution in [3.05, 3.63) is 85.7 Å². The second-order valence-corrected chi connectivity index (χ2v) is 9.14. The fraction of sp³-hybridized carbons (Fsp3) is 0.231. The predicted octanol–water partition coefficient (Wildman–Crippen LogP) is 4.80. The van der Waals surface area contributed by atoms with Gasteiger partial charge in [0.25, 0.3) is 5.91 Å². The molecule has 5 rings (SSSR count).